The van der Waals surface area contributed by atoms with Gasteiger partial charge in [0.05, 0.1) is 25.4 Å². The van der Waals surface area contributed by atoms with Gasteiger partial charge >= 0.3 is 12.0 Å². The van der Waals surface area contributed by atoms with E-state index in [1.807, 2.05) is 66.7 Å². The fourth-order valence-corrected chi connectivity index (χ4v) is 5.64. The molecule has 1 fully saturated rings. The van der Waals surface area contributed by atoms with Crippen LogP contribution in [0, 0.1) is 0 Å². The number of nitrogens with one attached hydrogen (secondary N) is 2. The van der Waals surface area contributed by atoms with Crippen LogP contribution in [0.2, 0.25) is 0 Å². The molecule has 0 bridgehead atoms. The molecule has 9 heteroatoms. The van der Waals surface area contributed by atoms with Crippen LogP contribution in [-0.2, 0) is 38.7 Å². The van der Waals surface area contributed by atoms with Gasteiger partial charge in [0.15, 0.2) is 6.29 Å². The van der Waals surface area contributed by atoms with Crippen LogP contribution in [0.4, 0.5) is 4.79 Å². The third kappa shape index (κ3) is 9.97. The molecule has 5 rings (SSSR count). The highest BCUT2D eigenvalue weighted by Crippen LogP contribution is 2.38. The molecular formula is C38H43N3O6. The summed E-state index contributed by atoms with van der Waals surface area (Å²) in [6.07, 6.45) is -0.0363. The van der Waals surface area contributed by atoms with E-state index < -0.39 is 18.3 Å². The molecule has 2 amide bonds. The lowest BCUT2D eigenvalue weighted by molar-refractivity contribution is -0.252. The molecule has 3 unspecified atom stereocenters. The molecular weight excluding hydrogens is 594 g/mol. The highest BCUT2D eigenvalue weighted by molar-refractivity contribution is 5.80. The monoisotopic (exact) mass is 637 g/mol. The van der Waals surface area contributed by atoms with Crippen molar-refractivity contribution >= 4 is 12.0 Å². The van der Waals surface area contributed by atoms with E-state index in [-0.39, 0.29) is 32.0 Å². The van der Waals surface area contributed by atoms with Gasteiger partial charge in [-0.15, -0.1) is 0 Å². The third-order valence-corrected chi connectivity index (χ3v) is 8.02. The minimum Gasteiger partial charge on any atom is -0.465 e. The number of urea groups is 1. The molecule has 0 spiro atoms. The second-order valence-electron chi connectivity index (χ2n) is 11.7. The molecule has 9 nitrogen and oxygen atoms in total. The Bertz CT molecular complexity index is 1580. The van der Waals surface area contributed by atoms with Crippen molar-refractivity contribution in [2.75, 3.05) is 26.7 Å². The van der Waals surface area contributed by atoms with Gasteiger partial charge in [0, 0.05) is 31.6 Å². The van der Waals surface area contributed by atoms with Crippen molar-refractivity contribution in [1.29, 1.82) is 0 Å². The van der Waals surface area contributed by atoms with E-state index in [1.54, 1.807) is 6.92 Å². The molecule has 3 N–H and O–H groups in total. The predicted molar refractivity (Wildman–Crippen MR) is 180 cm³/mol. The lowest BCUT2D eigenvalue weighted by atomic mass is 9.99. The number of likely N-dealkylation sites (N-methyl/N-ethyl adjacent to an activating group) is 1. The van der Waals surface area contributed by atoms with Gasteiger partial charge in [-0.2, -0.15) is 0 Å². The van der Waals surface area contributed by atoms with Crippen LogP contribution in [0.3, 0.4) is 0 Å². The first-order valence-electron chi connectivity index (χ1n) is 16.0. The highest BCUT2D eigenvalue weighted by atomic mass is 16.7. The van der Waals surface area contributed by atoms with Crippen LogP contribution in [-0.4, -0.2) is 54.9 Å². The summed E-state index contributed by atoms with van der Waals surface area (Å²) >= 11 is 0. The molecule has 1 aliphatic heterocycles. The van der Waals surface area contributed by atoms with Crippen molar-refractivity contribution in [3.05, 3.63) is 131 Å². The maximum Gasteiger partial charge on any atom is 0.325 e. The minimum atomic E-state index is -0.543. The van der Waals surface area contributed by atoms with Crippen molar-refractivity contribution in [3.8, 4) is 11.1 Å². The van der Waals surface area contributed by atoms with E-state index in [1.165, 1.54) is 5.56 Å². The van der Waals surface area contributed by atoms with Gasteiger partial charge in [-0.25, -0.2) is 4.79 Å². The number of carbonyl (C=O) groups is 2. The first-order chi connectivity index (χ1) is 22.9. The molecule has 1 aliphatic rings. The molecule has 0 aromatic heterocycles. The summed E-state index contributed by atoms with van der Waals surface area (Å²) in [5, 5.41) is 14.8. The van der Waals surface area contributed by atoms with Crippen LogP contribution in [0.25, 0.3) is 11.1 Å². The molecule has 3 atom stereocenters. The first kappa shape index (κ1) is 33.8. The molecule has 246 valence electrons. The standard InChI is InChI=1S/C38H43N3O6/c1-3-45-36(43)23-40-38(44)39-22-29-10-7-11-33(20-29)30-16-18-32(19-17-30)37-46-34(25-41(2)24-27-8-5-4-6-9-27)21-35(47-37)31-14-12-28(26-42)13-15-31/h4-20,34-35,37,42H,3,21-26H2,1-2H3,(H2,39,40,44). The van der Waals surface area contributed by atoms with Crippen LogP contribution in [0.5, 0.6) is 0 Å². The number of hydrogen-bond donors (Lipinski definition) is 3. The van der Waals surface area contributed by atoms with Crippen molar-refractivity contribution < 1.29 is 28.9 Å². The van der Waals surface area contributed by atoms with Crippen LogP contribution < -0.4 is 10.6 Å². The topological polar surface area (TPSA) is 109 Å². The first-order valence-corrected chi connectivity index (χ1v) is 16.0. The number of rotatable bonds is 13. The summed E-state index contributed by atoms with van der Waals surface area (Å²) in [6.45, 7) is 3.69. The number of hydrogen-bond acceptors (Lipinski definition) is 7. The number of benzene rings is 4. The molecule has 4 aromatic carbocycles. The molecule has 0 saturated carbocycles. The number of ether oxygens (including phenoxy) is 3. The normalized spacial score (nSPS) is 17.7. The molecule has 1 saturated heterocycles. The van der Waals surface area contributed by atoms with Gasteiger partial charge < -0.3 is 30.0 Å². The van der Waals surface area contributed by atoms with E-state index in [2.05, 4.69) is 59.0 Å². The maximum absolute atomic E-state index is 12.1. The number of amides is 2. The number of aliphatic hydroxyl groups is 1. The van der Waals surface area contributed by atoms with Gasteiger partial charge in [0.25, 0.3) is 0 Å². The average Bonchev–Trinajstić information content (AvgIpc) is 3.10. The highest BCUT2D eigenvalue weighted by Gasteiger charge is 2.32. The van der Waals surface area contributed by atoms with Crippen LogP contribution in [0.15, 0.2) is 103 Å². The Labute approximate surface area is 276 Å². The van der Waals surface area contributed by atoms with E-state index in [0.717, 1.165) is 46.5 Å². The second-order valence-corrected chi connectivity index (χ2v) is 11.7. The molecule has 4 aromatic rings. The van der Waals surface area contributed by atoms with Crippen LogP contribution in [0.1, 0.15) is 53.6 Å². The number of carbonyl (C=O) groups excluding carboxylic acids is 2. The Morgan fingerprint density at radius 3 is 2.28 bits per heavy atom. The van der Waals surface area contributed by atoms with Crippen molar-refractivity contribution in [2.24, 2.45) is 0 Å². The fraction of sp³-hybridized carbons (Fsp3) is 0.316. The van der Waals surface area contributed by atoms with Gasteiger partial charge in [0.2, 0.25) is 0 Å². The second kappa shape index (κ2) is 16.9. The van der Waals surface area contributed by atoms with Gasteiger partial charge in [-0.05, 0) is 53.4 Å². The molecule has 0 aliphatic carbocycles. The molecule has 0 radical (unpaired) electrons. The average molecular weight is 638 g/mol. The Kier molecular flexibility index (Phi) is 12.1. The van der Waals surface area contributed by atoms with E-state index in [4.69, 9.17) is 14.2 Å². The third-order valence-electron chi connectivity index (χ3n) is 8.02. The smallest absolute Gasteiger partial charge is 0.325 e. The van der Waals surface area contributed by atoms with Gasteiger partial charge in [-0.1, -0.05) is 97.1 Å². The SMILES string of the molecule is CCOC(=O)CNC(=O)NCc1cccc(-c2ccc(C3OC(CN(C)Cc4ccccc4)CC(c4ccc(CO)cc4)O3)cc2)c1. The van der Waals surface area contributed by atoms with E-state index in [9.17, 15) is 14.7 Å². The van der Waals surface area contributed by atoms with Gasteiger partial charge in [0.1, 0.15) is 6.54 Å². The summed E-state index contributed by atoms with van der Waals surface area (Å²) in [6, 6.07) is 34.0. The van der Waals surface area contributed by atoms with Crippen molar-refractivity contribution in [2.45, 2.75) is 51.5 Å². The minimum absolute atomic E-state index is 0.00265. The Hall–Kier alpha value is -4.54. The fourth-order valence-electron chi connectivity index (χ4n) is 5.64. The summed E-state index contributed by atoms with van der Waals surface area (Å²) in [5.41, 5.74) is 7.06. The van der Waals surface area contributed by atoms with E-state index >= 15 is 0 Å². The Balaban J connectivity index is 1.25. The summed E-state index contributed by atoms with van der Waals surface area (Å²) in [4.78, 5) is 25.9. The maximum atomic E-state index is 12.1. The summed E-state index contributed by atoms with van der Waals surface area (Å²) in [5.74, 6) is -0.477. The Morgan fingerprint density at radius 2 is 1.55 bits per heavy atom. The number of nitrogens with zero attached hydrogens (tertiary/aromatic N) is 1. The van der Waals surface area contributed by atoms with Crippen molar-refractivity contribution in [1.82, 2.24) is 15.5 Å². The number of esters is 1. The lowest BCUT2D eigenvalue weighted by Gasteiger charge is -2.38. The quantitative estimate of drug-likeness (QED) is 0.157. The largest absolute Gasteiger partial charge is 0.465 e. The molecule has 1 heterocycles. The lowest BCUT2D eigenvalue weighted by Crippen LogP contribution is -2.38. The summed E-state index contributed by atoms with van der Waals surface area (Å²) in [7, 11) is 2.11. The summed E-state index contributed by atoms with van der Waals surface area (Å²) < 4.78 is 18.0. The molecule has 47 heavy (non-hydrogen) atoms. The zero-order valence-electron chi connectivity index (χ0n) is 26.9. The van der Waals surface area contributed by atoms with Gasteiger partial charge in [-0.3, -0.25) is 9.69 Å². The number of aliphatic hydroxyl groups excluding tert-OH is 1. The Morgan fingerprint density at radius 1 is 0.830 bits per heavy atom. The van der Waals surface area contributed by atoms with E-state index in [0.29, 0.717) is 13.0 Å². The predicted octanol–water partition coefficient (Wildman–Crippen LogP) is 5.89. The zero-order chi connectivity index (χ0) is 33.0. The zero-order valence-corrected chi connectivity index (χ0v) is 26.9. The van der Waals surface area contributed by atoms with Crippen molar-refractivity contribution in [3.63, 3.8) is 0 Å². The van der Waals surface area contributed by atoms with Crippen LogP contribution >= 0.6 is 0 Å².